The third kappa shape index (κ3) is 5.61. The van der Waals surface area contributed by atoms with Crippen molar-refractivity contribution >= 4 is 29.9 Å². The highest BCUT2D eigenvalue weighted by Gasteiger charge is 2.20. The predicted molar refractivity (Wildman–Crippen MR) is 96.0 cm³/mol. The van der Waals surface area contributed by atoms with Gasteiger partial charge >= 0.3 is 0 Å². The second-order valence-electron chi connectivity index (χ2n) is 4.64. The number of fused-ring (bicyclic) bond motifs is 1. The number of para-hydroxylation sites is 2. The van der Waals surface area contributed by atoms with Gasteiger partial charge in [-0.25, -0.2) is 4.99 Å². The van der Waals surface area contributed by atoms with Crippen molar-refractivity contribution in [3.63, 3.8) is 0 Å². The van der Waals surface area contributed by atoms with Crippen LogP contribution in [0.4, 0.5) is 0 Å². The Hall–Kier alpha value is -1.18. The molecule has 0 saturated carbocycles. The van der Waals surface area contributed by atoms with Crippen LogP contribution in [0.5, 0.6) is 11.5 Å². The van der Waals surface area contributed by atoms with Crippen LogP contribution < -0.4 is 20.1 Å². The van der Waals surface area contributed by atoms with E-state index >= 15 is 0 Å². The van der Waals surface area contributed by atoms with Crippen LogP contribution in [-0.4, -0.2) is 38.3 Å². The zero-order valence-corrected chi connectivity index (χ0v) is 14.9. The van der Waals surface area contributed by atoms with Gasteiger partial charge in [0, 0.05) is 13.1 Å². The summed E-state index contributed by atoms with van der Waals surface area (Å²) in [6.07, 6.45) is 1.03. The van der Waals surface area contributed by atoms with Crippen LogP contribution in [0.3, 0.4) is 0 Å². The normalized spacial score (nSPS) is 16.9. The molecule has 118 valence electrons. The first kappa shape index (κ1) is 17.9. The largest absolute Gasteiger partial charge is 0.486 e. The SMILES string of the molecule is CCCNC(=NCC1COc2ccccc2O1)NCC.I. The van der Waals surface area contributed by atoms with Crippen molar-refractivity contribution in [1.29, 1.82) is 0 Å². The van der Waals surface area contributed by atoms with E-state index in [9.17, 15) is 0 Å². The Morgan fingerprint density at radius 2 is 2.00 bits per heavy atom. The van der Waals surface area contributed by atoms with Gasteiger partial charge in [0.1, 0.15) is 6.61 Å². The van der Waals surface area contributed by atoms with Gasteiger partial charge in [0.15, 0.2) is 23.6 Å². The van der Waals surface area contributed by atoms with Crippen molar-refractivity contribution in [2.45, 2.75) is 26.4 Å². The number of nitrogens with one attached hydrogen (secondary N) is 2. The molecule has 1 heterocycles. The molecule has 5 nitrogen and oxygen atoms in total. The van der Waals surface area contributed by atoms with Crippen LogP contribution >= 0.6 is 24.0 Å². The average molecular weight is 405 g/mol. The lowest BCUT2D eigenvalue weighted by molar-refractivity contribution is 0.0971. The third-order valence-electron chi connectivity index (χ3n) is 2.91. The van der Waals surface area contributed by atoms with Gasteiger partial charge in [-0.15, -0.1) is 24.0 Å². The van der Waals surface area contributed by atoms with E-state index < -0.39 is 0 Å². The quantitative estimate of drug-likeness (QED) is 0.449. The summed E-state index contributed by atoms with van der Waals surface area (Å²) in [6, 6.07) is 7.73. The summed E-state index contributed by atoms with van der Waals surface area (Å²) in [5.41, 5.74) is 0. The molecule has 1 unspecified atom stereocenters. The molecule has 1 aromatic rings. The fourth-order valence-corrected chi connectivity index (χ4v) is 1.93. The summed E-state index contributed by atoms with van der Waals surface area (Å²) in [6.45, 7) is 7.06. The van der Waals surface area contributed by atoms with Gasteiger partial charge in [0.05, 0.1) is 6.54 Å². The van der Waals surface area contributed by atoms with Gasteiger partial charge < -0.3 is 20.1 Å². The minimum absolute atomic E-state index is 0. The Bertz CT molecular complexity index is 454. The molecule has 1 aliphatic rings. The molecule has 0 saturated heterocycles. The standard InChI is InChI=1S/C15H23N3O2.HI/c1-3-9-17-15(16-4-2)18-10-12-11-19-13-7-5-6-8-14(13)20-12;/h5-8,12H,3-4,9-11H2,1-2H3,(H2,16,17,18);1H. The minimum atomic E-state index is -0.0398. The molecular weight excluding hydrogens is 381 g/mol. The summed E-state index contributed by atoms with van der Waals surface area (Å²) >= 11 is 0. The fraction of sp³-hybridized carbons (Fsp3) is 0.533. The Labute approximate surface area is 143 Å². The summed E-state index contributed by atoms with van der Waals surface area (Å²) in [5.74, 6) is 2.44. The van der Waals surface area contributed by atoms with E-state index in [2.05, 4.69) is 29.5 Å². The molecule has 1 aliphatic heterocycles. The first-order chi connectivity index (χ1) is 9.83. The maximum Gasteiger partial charge on any atom is 0.191 e. The summed E-state index contributed by atoms with van der Waals surface area (Å²) in [7, 11) is 0. The Morgan fingerprint density at radius 3 is 2.71 bits per heavy atom. The van der Waals surface area contributed by atoms with E-state index in [1.807, 2.05) is 24.3 Å². The molecule has 2 N–H and O–H groups in total. The van der Waals surface area contributed by atoms with Gasteiger partial charge in [-0.3, -0.25) is 0 Å². The molecule has 1 aromatic carbocycles. The molecule has 0 bridgehead atoms. The molecule has 0 aliphatic carbocycles. The smallest absolute Gasteiger partial charge is 0.191 e. The van der Waals surface area contributed by atoms with E-state index in [0.717, 1.165) is 37.0 Å². The van der Waals surface area contributed by atoms with E-state index in [1.165, 1.54) is 0 Å². The van der Waals surface area contributed by atoms with Crippen LogP contribution in [0.2, 0.25) is 0 Å². The number of guanidine groups is 1. The molecule has 0 amide bonds. The number of benzene rings is 1. The van der Waals surface area contributed by atoms with Crippen molar-refractivity contribution < 1.29 is 9.47 Å². The van der Waals surface area contributed by atoms with Crippen LogP contribution in [0, 0.1) is 0 Å². The van der Waals surface area contributed by atoms with Crippen LogP contribution in [-0.2, 0) is 0 Å². The number of hydrogen-bond acceptors (Lipinski definition) is 3. The van der Waals surface area contributed by atoms with Gasteiger partial charge in [-0.2, -0.15) is 0 Å². The predicted octanol–water partition coefficient (Wildman–Crippen LogP) is 2.41. The van der Waals surface area contributed by atoms with E-state index in [4.69, 9.17) is 9.47 Å². The molecule has 0 radical (unpaired) electrons. The number of ether oxygens (including phenoxy) is 2. The van der Waals surface area contributed by atoms with Crippen LogP contribution in [0.15, 0.2) is 29.3 Å². The highest BCUT2D eigenvalue weighted by atomic mass is 127. The second-order valence-corrected chi connectivity index (χ2v) is 4.64. The molecular formula is C15H24IN3O2. The minimum Gasteiger partial charge on any atom is -0.486 e. The third-order valence-corrected chi connectivity index (χ3v) is 2.91. The maximum absolute atomic E-state index is 5.88. The Balaban J connectivity index is 0.00000220. The van der Waals surface area contributed by atoms with Crippen molar-refractivity contribution in [3.8, 4) is 11.5 Å². The summed E-state index contributed by atoms with van der Waals surface area (Å²) in [4.78, 5) is 4.54. The van der Waals surface area contributed by atoms with Crippen molar-refractivity contribution in [1.82, 2.24) is 10.6 Å². The van der Waals surface area contributed by atoms with Crippen molar-refractivity contribution in [3.05, 3.63) is 24.3 Å². The number of rotatable bonds is 5. The number of halogens is 1. The summed E-state index contributed by atoms with van der Waals surface area (Å²) in [5, 5.41) is 6.49. The Kier molecular flexibility index (Phi) is 8.26. The maximum atomic E-state index is 5.88. The Morgan fingerprint density at radius 1 is 1.24 bits per heavy atom. The highest BCUT2D eigenvalue weighted by molar-refractivity contribution is 14.0. The van der Waals surface area contributed by atoms with Gasteiger partial charge in [-0.1, -0.05) is 19.1 Å². The average Bonchev–Trinajstić information content (AvgIpc) is 2.50. The highest BCUT2D eigenvalue weighted by Crippen LogP contribution is 2.30. The van der Waals surface area contributed by atoms with E-state index in [-0.39, 0.29) is 30.1 Å². The van der Waals surface area contributed by atoms with Gasteiger partial charge in [0.2, 0.25) is 0 Å². The topological polar surface area (TPSA) is 54.9 Å². The van der Waals surface area contributed by atoms with E-state index in [1.54, 1.807) is 0 Å². The molecule has 6 heteroatoms. The van der Waals surface area contributed by atoms with Crippen molar-refractivity contribution in [2.24, 2.45) is 4.99 Å². The molecule has 2 rings (SSSR count). The number of hydrogen-bond donors (Lipinski definition) is 2. The summed E-state index contributed by atoms with van der Waals surface area (Å²) < 4.78 is 11.6. The monoisotopic (exact) mass is 405 g/mol. The van der Waals surface area contributed by atoms with Crippen molar-refractivity contribution in [2.75, 3.05) is 26.2 Å². The van der Waals surface area contributed by atoms with Crippen LogP contribution in [0.1, 0.15) is 20.3 Å². The second kappa shape index (κ2) is 9.70. The number of aliphatic imine (C=N–C) groups is 1. The lowest BCUT2D eigenvalue weighted by Crippen LogP contribution is -2.39. The first-order valence-corrected chi connectivity index (χ1v) is 7.24. The molecule has 0 aromatic heterocycles. The molecule has 0 spiro atoms. The zero-order chi connectivity index (χ0) is 14.2. The lowest BCUT2D eigenvalue weighted by atomic mass is 10.2. The van der Waals surface area contributed by atoms with Gasteiger partial charge in [0.25, 0.3) is 0 Å². The van der Waals surface area contributed by atoms with E-state index in [0.29, 0.717) is 13.2 Å². The molecule has 0 fully saturated rings. The zero-order valence-electron chi connectivity index (χ0n) is 12.6. The molecule has 1 atom stereocenters. The molecule has 21 heavy (non-hydrogen) atoms. The fourth-order valence-electron chi connectivity index (χ4n) is 1.93. The first-order valence-electron chi connectivity index (χ1n) is 7.24. The number of nitrogens with zero attached hydrogens (tertiary/aromatic N) is 1. The lowest BCUT2D eigenvalue weighted by Gasteiger charge is -2.25. The van der Waals surface area contributed by atoms with Crippen LogP contribution in [0.25, 0.3) is 0 Å². The van der Waals surface area contributed by atoms with Gasteiger partial charge in [-0.05, 0) is 25.5 Å².